The van der Waals surface area contributed by atoms with E-state index in [0.29, 0.717) is 0 Å². The molecule has 0 aliphatic heterocycles. The van der Waals surface area contributed by atoms with Gasteiger partial charge in [0.15, 0.2) is 0 Å². The molecule has 1 unspecified atom stereocenters. The van der Waals surface area contributed by atoms with E-state index in [1.165, 1.54) is 29.6 Å². The van der Waals surface area contributed by atoms with Crippen LogP contribution in [0.2, 0.25) is 0 Å². The van der Waals surface area contributed by atoms with E-state index in [9.17, 15) is 16.8 Å². The van der Waals surface area contributed by atoms with Crippen molar-refractivity contribution in [1.82, 2.24) is 4.31 Å². The molecule has 1 aromatic rings. The molecule has 0 aliphatic carbocycles. The van der Waals surface area contributed by atoms with Gasteiger partial charge in [0.25, 0.3) is 9.05 Å². The molecule has 0 bridgehead atoms. The Balaban J connectivity index is 3.30. The van der Waals surface area contributed by atoms with Crippen molar-refractivity contribution in [2.75, 3.05) is 20.3 Å². The summed E-state index contributed by atoms with van der Waals surface area (Å²) in [5, 5.41) is 0. The average Bonchev–Trinajstić information content (AvgIpc) is 2.38. The zero-order valence-corrected chi connectivity index (χ0v) is 14.4. The molecular formula is C12H18ClNO5S2. The Morgan fingerprint density at radius 2 is 1.81 bits per heavy atom. The van der Waals surface area contributed by atoms with Crippen LogP contribution in [0.3, 0.4) is 0 Å². The van der Waals surface area contributed by atoms with Gasteiger partial charge in [-0.05, 0) is 25.1 Å². The van der Waals surface area contributed by atoms with Crippen molar-refractivity contribution >= 4 is 29.8 Å². The SMILES string of the molecule is CCN(C(C)COC)S(=O)(=O)c1cccc(S(=O)(=O)Cl)c1. The van der Waals surface area contributed by atoms with Crippen LogP contribution < -0.4 is 0 Å². The molecule has 1 aromatic carbocycles. The van der Waals surface area contributed by atoms with Crippen LogP contribution in [0.5, 0.6) is 0 Å². The lowest BCUT2D eigenvalue weighted by molar-refractivity contribution is 0.142. The highest BCUT2D eigenvalue weighted by molar-refractivity contribution is 8.13. The first-order valence-electron chi connectivity index (χ1n) is 6.20. The first kappa shape index (κ1) is 18.4. The monoisotopic (exact) mass is 355 g/mol. The minimum absolute atomic E-state index is 0.117. The number of hydrogen-bond acceptors (Lipinski definition) is 5. The largest absolute Gasteiger partial charge is 0.383 e. The van der Waals surface area contributed by atoms with Crippen LogP contribution in [0.1, 0.15) is 13.8 Å². The second-order valence-electron chi connectivity index (χ2n) is 4.43. The number of ether oxygens (including phenoxy) is 1. The van der Waals surface area contributed by atoms with Crippen molar-refractivity contribution in [2.45, 2.75) is 29.7 Å². The smallest absolute Gasteiger partial charge is 0.261 e. The lowest BCUT2D eigenvalue weighted by atomic mass is 10.3. The van der Waals surface area contributed by atoms with E-state index in [-0.39, 0.29) is 29.0 Å². The van der Waals surface area contributed by atoms with Crippen LogP contribution in [0.25, 0.3) is 0 Å². The van der Waals surface area contributed by atoms with Crippen molar-refractivity contribution in [3.8, 4) is 0 Å². The van der Waals surface area contributed by atoms with Gasteiger partial charge in [0.2, 0.25) is 10.0 Å². The molecule has 0 aliphatic rings. The standard InChI is InChI=1S/C12H18ClNO5S2/c1-4-14(10(2)9-19-3)21(17,18)12-7-5-6-11(8-12)20(13,15)16/h5-8,10H,4,9H2,1-3H3. The van der Waals surface area contributed by atoms with E-state index < -0.39 is 19.1 Å². The second-order valence-corrected chi connectivity index (χ2v) is 8.88. The van der Waals surface area contributed by atoms with Gasteiger partial charge in [-0.25, -0.2) is 16.8 Å². The van der Waals surface area contributed by atoms with Crippen molar-refractivity contribution in [3.05, 3.63) is 24.3 Å². The predicted octanol–water partition coefficient (Wildman–Crippen LogP) is 1.66. The summed E-state index contributed by atoms with van der Waals surface area (Å²) in [7, 11) is -1.08. The fourth-order valence-electron chi connectivity index (χ4n) is 1.96. The van der Waals surface area contributed by atoms with Gasteiger partial charge in [0, 0.05) is 30.4 Å². The second kappa shape index (κ2) is 7.06. The number of nitrogens with zero attached hydrogens (tertiary/aromatic N) is 1. The first-order valence-corrected chi connectivity index (χ1v) is 9.95. The van der Waals surface area contributed by atoms with Crippen LogP contribution in [0, 0.1) is 0 Å². The third-order valence-electron chi connectivity index (χ3n) is 2.90. The summed E-state index contributed by atoms with van der Waals surface area (Å²) in [5.41, 5.74) is 0. The summed E-state index contributed by atoms with van der Waals surface area (Å²) in [6.45, 7) is 3.89. The highest BCUT2D eigenvalue weighted by atomic mass is 35.7. The molecule has 0 N–H and O–H groups in total. The quantitative estimate of drug-likeness (QED) is 0.695. The van der Waals surface area contributed by atoms with Crippen molar-refractivity contribution in [1.29, 1.82) is 0 Å². The molecule has 0 saturated heterocycles. The molecule has 0 spiro atoms. The van der Waals surface area contributed by atoms with Gasteiger partial charge >= 0.3 is 0 Å². The fraction of sp³-hybridized carbons (Fsp3) is 0.500. The number of hydrogen-bond donors (Lipinski definition) is 0. The number of benzene rings is 1. The predicted molar refractivity (Wildman–Crippen MR) is 80.4 cm³/mol. The Kier molecular flexibility index (Phi) is 6.18. The summed E-state index contributed by atoms with van der Waals surface area (Å²) in [5.74, 6) is 0. The molecule has 0 saturated carbocycles. The summed E-state index contributed by atoms with van der Waals surface area (Å²) < 4.78 is 54.1. The van der Waals surface area contributed by atoms with Gasteiger partial charge in [-0.1, -0.05) is 13.0 Å². The third kappa shape index (κ3) is 4.40. The minimum Gasteiger partial charge on any atom is -0.383 e. The Bertz CT molecular complexity index is 687. The molecule has 0 fully saturated rings. The molecule has 0 amide bonds. The van der Waals surface area contributed by atoms with Crippen LogP contribution in [0.4, 0.5) is 0 Å². The zero-order chi connectivity index (χ0) is 16.3. The van der Waals surface area contributed by atoms with Gasteiger partial charge in [-0.2, -0.15) is 4.31 Å². The first-order chi connectivity index (χ1) is 9.64. The molecule has 6 nitrogen and oxygen atoms in total. The molecule has 1 rings (SSSR count). The van der Waals surface area contributed by atoms with E-state index in [1.807, 2.05) is 0 Å². The van der Waals surface area contributed by atoms with Crippen LogP contribution in [-0.4, -0.2) is 47.4 Å². The molecule has 0 heterocycles. The maximum Gasteiger partial charge on any atom is 0.261 e. The minimum atomic E-state index is -3.98. The van der Waals surface area contributed by atoms with Crippen molar-refractivity contribution in [2.24, 2.45) is 0 Å². The Morgan fingerprint density at radius 3 is 2.29 bits per heavy atom. The van der Waals surface area contributed by atoms with Gasteiger partial charge in [-0.3, -0.25) is 0 Å². The highest BCUT2D eigenvalue weighted by Gasteiger charge is 2.28. The topological polar surface area (TPSA) is 80.8 Å². The Labute approximate surface area is 130 Å². The van der Waals surface area contributed by atoms with E-state index in [4.69, 9.17) is 15.4 Å². The zero-order valence-electron chi connectivity index (χ0n) is 12.0. The number of sulfonamides is 1. The summed E-state index contributed by atoms with van der Waals surface area (Å²) in [4.78, 5) is -0.366. The fourth-order valence-corrected chi connectivity index (χ4v) is 4.51. The lowest BCUT2D eigenvalue weighted by Gasteiger charge is -2.26. The van der Waals surface area contributed by atoms with E-state index in [0.717, 1.165) is 6.07 Å². The van der Waals surface area contributed by atoms with E-state index in [2.05, 4.69) is 0 Å². The molecule has 9 heteroatoms. The molecule has 0 aromatic heterocycles. The van der Waals surface area contributed by atoms with Gasteiger partial charge < -0.3 is 4.74 Å². The molecule has 1 atom stereocenters. The summed E-state index contributed by atoms with van der Waals surface area (Å²) in [6, 6.07) is 4.61. The molecule has 0 radical (unpaired) electrons. The van der Waals surface area contributed by atoms with E-state index >= 15 is 0 Å². The van der Waals surface area contributed by atoms with Gasteiger partial charge in [0.1, 0.15) is 0 Å². The maximum atomic E-state index is 12.6. The lowest BCUT2D eigenvalue weighted by Crippen LogP contribution is -2.40. The van der Waals surface area contributed by atoms with Crippen molar-refractivity contribution in [3.63, 3.8) is 0 Å². The van der Waals surface area contributed by atoms with Gasteiger partial charge in [-0.15, -0.1) is 0 Å². The van der Waals surface area contributed by atoms with Crippen molar-refractivity contribution < 1.29 is 21.6 Å². The molecular weight excluding hydrogens is 338 g/mol. The number of likely N-dealkylation sites (N-methyl/N-ethyl adjacent to an activating group) is 1. The number of halogens is 1. The normalized spacial score (nSPS) is 14.3. The van der Waals surface area contributed by atoms with Gasteiger partial charge in [0.05, 0.1) is 16.4 Å². The van der Waals surface area contributed by atoms with E-state index in [1.54, 1.807) is 13.8 Å². The van der Waals surface area contributed by atoms with Crippen LogP contribution in [-0.2, 0) is 23.8 Å². The highest BCUT2D eigenvalue weighted by Crippen LogP contribution is 2.23. The van der Waals surface area contributed by atoms with Crippen LogP contribution in [0.15, 0.2) is 34.1 Å². The maximum absolute atomic E-state index is 12.6. The Morgan fingerprint density at radius 1 is 1.24 bits per heavy atom. The average molecular weight is 356 g/mol. The summed E-state index contributed by atoms with van der Waals surface area (Å²) in [6.07, 6.45) is 0. The molecule has 21 heavy (non-hydrogen) atoms. The third-order valence-corrected chi connectivity index (χ3v) is 6.34. The summed E-state index contributed by atoms with van der Waals surface area (Å²) >= 11 is 0. The Hall–Kier alpha value is -0.670. The number of rotatable bonds is 7. The molecule has 120 valence electrons. The van der Waals surface area contributed by atoms with Crippen LogP contribution >= 0.6 is 10.7 Å². The number of methoxy groups -OCH3 is 1.